The first-order chi connectivity index (χ1) is 4.63. The molecule has 0 aromatic carbocycles. The number of unbranched alkanes of at least 4 members (excludes halogenated alkanes) is 1. The van der Waals surface area contributed by atoms with Crippen molar-refractivity contribution in [3.8, 4) is 0 Å². The fourth-order valence-corrected chi connectivity index (χ4v) is 1.24. The Kier molecular flexibility index (Phi) is 6.86. The molecule has 0 aliphatic heterocycles. The number of hydrogen-bond acceptors (Lipinski definition) is 2. The molecule has 0 fully saturated rings. The Morgan fingerprint density at radius 1 is 0.900 bits per heavy atom. The van der Waals surface area contributed by atoms with Gasteiger partial charge in [0.2, 0.25) is 0 Å². The summed E-state index contributed by atoms with van der Waals surface area (Å²) in [5.41, 5.74) is 0. The molecular formula is C8H18S2. The minimum absolute atomic E-state index is 0.565. The smallest absolute Gasteiger partial charge is 0.00116 e. The molecule has 0 saturated carbocycles. The van der Waals surface area contributed by atoms with Crippen molar-refractivity contribution < 1.29 is 0 Å². The zero-order valence-electron chi connectivity index (χ0n) is 6.88. The van der Waals surface area contributed by atoms with Gasteiger partial charge in [-0.05, 0) is 23.3 Å². The van der Waals surface area contributed by atoms with Crippen LogP contribution in [0.3, 0.4) is 0 Å². The molecule has 2 atom stereocenters. The van der Waals surface area contributed by atoms with E-state index in [1.165, 1.54) is 25.7 Å². The monoisotopic (exact) mass is 178 g/mol. The summed E-state index contributed by atoms with van der Waals surface area (Å²) >= 11 is 8.61. The molecule has 0 nitrogen and oxygen atoms in total. The van der Waals surface area contributed by atoms with Crippen LogP contribution in [0.2, 0.25) is 0 Å². The van der Waals surface area contributed by atoms with Crippen LogP contribution in [0.5, 0.6) is 0 Å². The SMILES string of the molecule is CC(S)CCCCC(C)S. The van der Waals surface area contributed by atoms with Crippen molar-refractivity contribution in [1.82, 2.24) is 0 Å². The first-order valence-electron chi connectivity index (χ1n) is 3.99. The minimum Gasteiger partial charge on any atom is -0.176 e. The molecule has 0 heterocycles. The predicted molar refractivity (Wildman–Crippen MR) is 55.4 cm³/mol. The van der Waals surface area contributed by atoms with Crippen molar-refractivity contribution >= 4 is 25.3 Å². The maximum atomic E-state index is 4.30. The predicted octanol–water partition coefficient (Wildman–Crippen LogP) is 3.18. The summed E-state index contributed by atoms with van der Waals surface area (Å²) in [5, 5.41) is 1.13. The number of rotatable bonds is 5. The van der Waals surface area contributed by atoms with Crippen LogP contribution in [0, 0.1) is 0 Å². The van der Waals surface area contributed by atoms with Gasteiger partial charge in [0, 0.05) is 0 Å². The molecule has 0 radical (unpaired) electrons. The maximum Gasteiger partial charge on any atom is -0.00116 e. The Balaban J connectivity index is 2.91. The third-order valence-electron chi connectivity index (χ3n) is 1.49. The molecule has 2 unspecified atom stereocenters. The van der Waals surface area contributed by atoms with E-state index in [-0.39, 0.29) is 0 Å². The second-order valence-corrected chi connectivity index (χ2v) is 4.75. The minimum atomic E-state index is 0.565. The van der Waals surface area contributed by atoms with Gasteiger partial charge in [0.05, 0.1) is 0 Å². The van der Waals surface area contributed by atoms with E-state index in [0.717, 1.165) is 0 Å². The van der Waals surface area contributed by atoms with Crippen molar-refractivity contribution in [3.05, 3.63) is 0 Å². The standard InChI is InChI=1S/C8H18S2/c1-7(9)5-3-4-6-8(2)10/h7-10H,3-6H2,1-2H3. The molecule has 0 aliphatic rings. The zero-order valence-corrected chi connectivity index (χ0v) is 8.67. The van der Waals surface area contributed by atoms with Crippen molar-refractivity contribution in [1.29, 1.82) is 0 Å². The van der Waals surface area contributed by atoms with E-state index in [4.69, 9.17) is 0 Å². The largest absolute Gasteiger partial charge is 0.176 e. The first kappa shape index (κ1) is 10.7. The van der Waals surface area contributed by atoms with E-state index in [1.54, 1.807) is 0 Å². The van der Waals surface area contributed by atoms with Gasteiger partial charge in [0.25, 0.3) is 0 Å². The van der Waals surface area contributed by atoms with Crippen LogP contribution in [0.1, 0.15) is 39.5 Å². The van der Waals surface area contributed by atoms with Crippen molar-refractivity contribution in [2.45, 2.75) is 50.0 Å². The molecule has 2 heteroatoms. The van der Waals surface area contributed by atoms with Gasteiger partial charge in [-0.2, -0.15) is 25.3 Å². The van der Waals surface area contributed by atoms with Gasteiger partial charge in [-0.1, -0.05) is 26.7 Å². The lowest BCUT2D eigenvalue weighted by atomic mass is 10.1. The normalized spacial score (nSPS) is 16.8. The van der Waals surface area contributed by atoms with Crippen LogP contribution in [0.4, 0.5) is 0 Å². The molecule has 0 rings (SSSR count). The van der Waals surface area contributed by atoms with Gasteiger partial charge in [-0.3, -0.25) is 0 Å². The Morgan fingerprint density at radius 2 is 1.20 bits per heavy atom. The molecule has 0 aromatic rings. The average Bonchev–Trinajstić information content (AvgIpc) is 1.79. The topological polar surface area (TPSA) is 0 Å². The van der Waals surface area contributed by atoms with Crippen LogP contribution in [-0.4, -0.2) is 10.5 Å². The zero-order chi connectivity index (χ0) is 7.98. The van der Waals surface area contributed by atoms with Crippen molar-refractivity contribution in [2.24, 2.45) is 0 Å². The van der Waals surface area contributed by atoms with E-state index >= 15 is 0 Å². The lowest BCUT2D eigenvalue weighted by molar-refractivity contribution is 0.639. The third-order valence-corrected chi connectivity index (χ3v) is 2.01. The number of hydrogen-bond donors (Lipinski definition) is 2. The maximum absolute atomic E-state index is 4.30. The highest BCUT2D eigenvalue weighted by Crippen LogP contribution is 2.10. The van der Waals surface area contributed by atoms with E-state index in [0.29, 0.717) is 10.5 Å². The number of thiol groups is 2. The first-order valence-corrected chi connectivity index (χ1v) is 5.02. The molecule has 62 valence electrons. The summed E-state index contributed by atoms with van der Waals surface area (Å²) in [4.78, 5) is 0. The van der Waals surface area contributed by atoms with E-state index in [1.807, 2.05) is 0 Å². The summed E-state index contributed by atoms with van der Waals surface area (Å²) in [5.74, 6) is 0. The summed E-state index contributed by atoms with van der Waals surface area (Å²) in [6.45, 7) is 4.29. The Labute approximate surface area is 75.6 Å². The second-order valence-electron chi connectivity index (χ2n) is 2.98. The lowest BCUT2D eigenvalue weighted by Gasteiger charge is -2.04. The summed E-state index contributed by atoms with van der Waals surface area (Å²) in [6.07, 6.45) is 5.08. The molecule has 0 saturated heterocycles. The lowest BCUT2D eigenvalue weighted by Crippen LogP contribution is -1.94. The highest BCUT2D eigenvalue weighted by Gasteiger charge is 1.96. The van der Waals surface area contributed by atoms with Crippen LogP contribution in [-0.2, 0) is 0 Å². The Bertz CT molecular complexity index is 59.7. The Hall–Kier alpha value is 0.700. The highest BCUT2D eigenvalue weighted by molar-refractivity contribution is 7.81. The molecular weight excluding hydrogens is 160 g/mol. The molecule has 0 aromatic heterocycles. The van der Waals surface area contributed by atoms with E-state index in [9.17, 15) is 0 Å². The van der Waals surface area contributed by atoms with Gasteiger partial charge in [0.1, 0.15) is 0 Å². The van der Waals surface area contributed by atoms with Crippen LogP contribution < -0.4 is 0 Å². The van der Waals surface area contributed by atoms with E-state index in [2.05, 4.69) is 39.1 Å². The molecule has 0 aliphatic carbocycles. The quantitative estimate of drug-likeness (QED) is 0.469. The molecule has 0 bridgehead atoms. The fraction of sp³-hybridized carbons (Fsp3) is 1.00. The van der Waals surface area contributed by atoms with Crippen LogP contribution in [0.15, 0.2) is 0 Å². The van der Waals surface area contributed by atoms with Crippen molar-refractivity contribution in [2.75, 3.05) is 0 Å². The van der Waals surface area contributed by atoms with Crippen LogP contribution in [0.25, 0.3) is 0 Å². The highest BCUT2D eigenvalue weighted by atomic mass is 32.1. The van der Waals surface area contributed by atoms with Gasteiger partial charge in [0.15, 0.2) is 0 Å². The van der Waals surface area contributed by atoms with Crippen molar-refractivity contribution in [3.63, 3.8) is 0 Å². The summed E-state index contributed by atoms with van der Waals surface area (Å²) < 4.78 is 0. The van der Waals surface area contributed by atoms with Gasteiger partial charge >= 0.3 is 0 Å². The Morgan fingerprint density at radius 3 is 1.40 bits per heavy atom. The van der Waals surface area contributed by atoms with Gasteiger partial charge in [-0.25, -0.2) is 0 Å². The molecule has 0 spiro atoms. The molecule has 0 N–H and O–H groups in total. The fourth-order valence-electron chi connectivity index (χ4n) is 0.879. The third kappa shape index (κ3) is 8.70. The summed E-state index contributed by atoms with van der Waals surface area (Å²) in [7, 11) is 0. The molecule has 10 heavy (non-hydrogen) atoms. The van der Waals surface area contributed by atoms with Gasteiger partial charge < -0.3 is 0 Å². The summed E-state index contributed by atoms with van der Waals surface area (Å²) in [6, 6.07) is 0. The van der Waals surface area contributed by atoms with Crippen LogP contribution >= 0.6 is 25.3 Å². The molecule has 0 amide bonds. The average molecular weight is 178 g/mol. The second kappa shape index (κ2) is 6.41. The van der Waals surface area contributed by atoms with Gasteiger partial charge in [-0.15, -0.1) is 0 Å². The van der Waals surface area contributed by atoms with E-state index < -0.39 is 0 Å².